The van der Waals surface area contributed by atoms with E-state index in [1.165, 1.54) is 36.7 Å². The van der Waals surface area contributed by atoms with E-state index >= 15 is 0 Å². The summed E-state index contributed by atoms with van der Waals surface area (Å²) in [6.45, 7) is 0. The van der Waals surface area contributed by atoms with Crippen LogP contribution in [0.4, 0.5) is 4.39 Å². The van der Waals surface area contributed by atoms with E-state index in [9.17, 15) is 14.0 Å². The summed E-state index contributed by atoms with van der Waals surface area (Å²) in [5.74, 6) is -1.49. The Bertz CT molecular complexity index is 664. The molecular formula is C13H6FNO2. The van der Waals surface area contributed by atoms with Crippen molar-refractivity contribution < 1.29 is 14.0 Å². The van der Waals surface area contributed by atoms with Gasteiger partial charge in [-0.05, 0) is 12.1 Å². The Kier molecular flexibility index (Phi) is 1.92. The molecule has 1 aliphatic rings. The number of pyridine rings is 1. The number of benzene rings is 1. The van der Waals surface area contributed by atoms with Gasteiger partial charge in [-0.3, -0.25) is 14.6 Å². The zero-order valence-electron chi connectivity index (χ0n) is 8.61. The zero-order valence-corrected chi connectivity index (χ0v) is 8.61. The van der Waals surface area contributed by atoms with Gasteiger partial charge in [-0.15, -0.1) is 0 Å². The molecule has 0 unspecified atom stereocenters. The lowest BCUT2D eigenvalue weighted by atomic mass is 9.85. The van der Waals surface area contributed by atoms with Crippen LogP contribution >= 0.6 is 0 Å². The highest BCUT2D eigenvalue weighted by atomic mass is 19.1. The van der Waals surface area contributed by atoms with Gasteiger partial charge in [-0.1, -0.05) is 12.1 Å². The van der Waals surface area contributed by atoms with E-state index in [2.05, 4.69) is 4.98 Å². The summed E-state index contributed by atoms with van der Waals surface area (Å²) in [5, 5.41) is 0. The summed E-state index contributed by atoms with van der Waals surface area (Å²) in [5.41, 5.74) is 0.407. The van der Waals surface area contributed by atoms with Crippen molar-refractivity contribution in [3.05, 3.63) is 64.7 Å². The maximum atomic E-state index is 13.6. The fourth-order valence-corrected chi connectivity index (χ4v) is 2.00. The van der Waals surface area contributed by atoms with E-state index in [0.717, 1.165) is 0 Å². The standard InChI is InChI=1S/C13H6FNO2/c14-10-3-1-2-8-11(10)13(17)7-4-5-15-6-9(7)12(8)16/h1-6H. The third-order valence-corrected chi connectivity index (χ3v) is 2.80. The minimum atomic E-state index is -0.664. The summed E-state index contributed by atoms with van der Waals surface area (Å²) in [6, 6.07) is 5.48. The molecule has 1 aromatic heterocycles. The maximum Gasteiger partial charge on any atom is 0.197 e. The fraction of sp³-hybridized carbons (Fsp3) is 0. The van der Waals surface area contributed by atoms with Gasteiger partial charge in [0.25, 0.3) is 0 Å². The Labute approximate surface area is 95.9 Å². The van der Waals surface area contributed by atoms with Crippen LogP contribution in [0.15, 0.2) is 36.7 Å². The summed E-state index contributed by atoms with van der Waals surface area (Å²) in [6.07, 6.45) is 2.75. The number of carbonyl (C=O) groups is 2. The normalized spacial score (nSPS) is 13.2. The monoisotopic (exact) mass is 227 g/mol. The van der Waals surface area contributed by atoms with Crippen molar-refractivity contribution >= 4 is 11.6 Å². The first-order chi connectivity index (χ1) is 8.20. The first kappa shape index (κ1) is 9.84. The van der Waals surface area contributed by atoms with Crippen molar-refractivity contribution in [2.45, 2.75) is 0 Å². The third-order valence-electron chi connectivity index (χ3n) is 2.80. The van der Waals surface area contributed by atoms with Crippen molar-refractivity contribution in [3.8, 4) is 0 Å². The number of nitrogens with zero attached hydrogens (tertiary/aromatic N) is 1. The van der Waals surface area contributed by atoms with Crippen LogP contribution in [0.3, 0.4) is 0 Å². The van der Waals surface area contributed by atoms with E-state index in [4.69, 9.17) is 0 Å². The van der Waals surface area contributed by atoms with E-state index in [1.807, 2.05) is 0 Å². The molecule has 1 aliphatic carbocycles. The second-order valence-electron chi connectivity index (χ2n) is 3.74. The Morgan fingerprint density at radius 2 is 1.76 bits per heavy atom. The van der Waals surface area contributed by atoms with Gasteiger partial charge in [0.1, 0.15) is 5.82 Å². The Balaban J connectivity index is 2.37. The summed E-state index contributed by atoms with van der Waals surface area (Å²) < 4.78 is 13.6. The highest BCUT2D eigenvalue weighted by Crippen LogP contribution is 2.27. The molecule has 0 fully saturated rings. The minimum Gasteiger partial charge on any atom is -0.288 e. The van der Waals surface area contributed by atoms with Crippen LogP contribution in [0.5, 0.6) is 0 Å². The SMILES string of the molecule is O=C1c2cnccc2C(=O)c2c(F)cccc21. The van der Waals surface area contributed by atoms with Crippen LogP contribution < -0.4 is 0 Å². The molecule has 0 saturated heterocycles. The van der Waals surface area contributed by atoms with Crippen LogP contribution in [0, 0.1) is 5.82 Å². The second-order valence-corrected chi connectivity index (χ2v) is 3.74. The lowest BCUT2D eigenvalue weighted by Crippen LogP contribution is -2.22. The number of fused-ring (bicyclic) bond motifs is 2. The lowest BCUT2D eigenvalue weighted by Gasteiger charge is -2.16. The van der Waals surface area contributed by atoms with Crippen LogP contribution in [-0.2, 0) is 0 Å². The van der Waals surface area contributed by atoms with Gasteiger partial charge < -0.3 is 0 Å². The summed E-state index contributed by atoms with van der Waals surface area (Å²) >= 11 is 0. The number of ketones is 2. The minimum absolute atomic E-state index is 0.107. The molecule has 1 heterocycles. The lowest BCUT2D eigenvalue weighted by molar-refractivity contribution is 0.0975. The van der Waals surface area contributed by atoms with Gasteiger partial charge in [0, 0.05) is 23.5 Å². The zero-order chi connectivity index (χ0) is 12.0. The molecule has 0 aliphatic heterocycles. The molecule has 1 aromatic carbocycles. The molecule has 0 bridgehead atoms. The molecule has 0 N–H and O–H groups in total. The first-order valence-corrected chi connectivity index (χ1v) is 5.02. The van der Waals surface area contributed by atoms with E-state index in [0.29, 0.717) is 0 Å². The number of hydrogen-bond acceptors (Lipinski definition) is 3. The van der Waals surface area contributed by atoms with Crippen LogP contribution in [0.25, 0.3) is 0 Å². The molecule has 0 radical (unpaired) electrons. The highest BCUT2D eigenvalue weighted by molar-refractivity contribution is 6.28. The van der Waals surface area contributed by atoms with E-state index < -0.39 is 11.6 Å². The van der Waals surface area contributed by atoms with Crippen molar-refractivity contribution in [2.24, 2.45) is 0 Å². The van der Waals surface area contributed by atoms with Gasteiger partial charge in [0.2, 0.25) is 0 Å². The third kappa shape index (κ3) is 1.24. The average molecular weight is 227 g/mol. The molecule has 0 saturated carbocycles. The molecule has 0 amide bonds. The molecule has 3 rings (SSSR count). The smallest absolute Gasteiger partial charge is 0.197 e. The van der Waals surface area contributed by atoms with Gasteiger partial charge in [0.05, 0.1) is 11.1 Å². The van der Waals surface area contributed by atoms with Crippen molar-refractivity contribution in [1.29, 1.82) is 0 Å². The fourth-order valence-electron chi connectivity index (χ4n) is 2.00. The molecular weight excluding hydrogens is 221 g/mol. The van der Waals surface area contributed by atoms with Gasteiger partial charge in [-0.25, -0.2) is 4.39 Å². The number of rotatable bonds is 0. The quantitative estimate of drug-likeness (QED) is 0.590. The predicted octanol–water partition coefficient (Wildman–Crippen LogP) is 2.00. The van der Waals surface area contributed by atoms with Crippen molar-refractivity contribution in [2.75, 3.05) is 0 Å². The topological polar surface area (TPSA) is 47.0 Å². The molecule has 2 aromatic rings. The number of halogens is 1. The molecule has 0 atom stereocenters. The van der Waals surface area contributed by atoms with Crippen LogP contribution in [-0.4, -0.2) is 16.6 Å². The Morgan fingerprint density at radius 3 is 2.59 bits per heavy atom. The Morgan fingerprint density at radius 1 is 0.941 bits per heavy atom. The molecule has 82 valence electrons. The van der Waals surface area contributed by atoms with Gasteiger partial charge in [-0.2, -0.15) is 0 Å². The van der Waals surface area contributed by atoms with Gasteiger partial charge >= 0.3 is 0 Å². The van der Waals surface area contributed by atoms with Crippen molar-refractivity contribution in [3.63, 3.8) is 0 Å². The molecule has 17 heavy (non-hydrogen) atoms. The molecule has 0 spiro atoms. The number of carbonyl (C=O) groups excluding carboxylic acids is 2. The maximum absolute atomic E-state index is 13.6. The van der Waals surface area contributed by atoms with Crippen LogP contribution in [0.2, 0.25) is 0 Å². The van der Waals surface area contributed by atoms with Crippen LogP contribution in [0.1, 0.15) is 31.8 Å². The highest BCUT2D eigenvalue weighted by Gasteiger charge is 2.31. The van der Waals surface area contributed by atoms with Crippen molar-refractivity contribution in [1.82, 2.24) is 4.98 Å². The summed E-state index contributed by atoms with van der Waals surface area (Å²) in [4.78, 5) is 27.9. The first-order valence-electron chi connectivity index (χ1n) is 5.02. The largest absolute Gasteiger partial charge is 0.288 e. The second kappa shape index (κ2) is 3.31. The van der Waals surface area contributed by atoms with E-state index in [-0.39, 0.29) is 28.0 Å². The average Bonchev–Trinajstić information content (AvgIpc) is 2.36. The van der Waals surface area contributed by atoms with E-state index in [1.54, 1.807) is 0 Å². The molecule has 4 heteroatoms. The summed E-state index contributed by atoms with van der Waals surface area (Å²) in [7, 11) is 0. The molecule has 3 nitrogen and oxygen atoms in total. The Hall–Kier alpha value is -2.36. The number of hydrogen-bond donors (Lipinski definition) is 0. The predicted molar refractivity (Wildman–Crippen MR) is 57.5 cm³/mol. The van der Waals surface area contributed by atoms with Gasteiger partial charge in [0.15, 0.2) is 11.6 Å². The number of aromatic nitrogens is 1.